The van der Waals surface area contributed by atoms with Crippen molar-refractivity contribution in [3.8, 4) is 5.75 Å². The lowest BCUT2D eigenvalue weighted by Gasteiger charge is -2.45. The first kappa shape index (κ1) is 14.1. The molecule has 1 heterocycles. The number of methoxy groups -OCH3 is 1. The van der Waals surface area contributed by atoms with E-state index in [9.17, 15) is 4.79 Å². The number of carbonyl (C=O) groups is 1. The fourth-order valence-corrected chi connectivity index (χ4v) is 2.44. The topological polar surface area (TPSA) is 29.5 Å². The minimum Gasteiger partial charge on any atom is -0.497 e. The van der Waals surface area contributed by atoms with Crippen molar-refractivity contribution in [1.29, 1.82) is 0 Å². The summed E-state index contributed by atoms with van der Waals surface area (Å²) in [7, 11) is 1.62. The van der Waals surface area contributed by atoms with Crippen LogP contribution in [0.25, 0.3) is 0 Å². The van der Waals surface area contributed by atoms with Crippen LogP contribution in [0.5, 0.6) is 5.75 Å². The summed E-state index contributed by atoms with van der Waals surface area (Å²) >= 11 is 0. The molecule has 0 bridgehead atoms. The van der Waals surface area contributed by atoms with Crippen LogP contribution in [0.1, 0.15) is 6.42 Å². The quantitative estimate of drug-likeness (QED) is 0.450. The molecule has 0 N–H and O–H groups in total. The Kier molecular flexibility index (Phi) is 4.41. The van der Waals surface area contributed by atoms with Gasteiger partial charge >= 0.3 is 0 Å². The molecule has 3 nitrogen and oxygen atoms in total. The molecule has 1 aromatic rings. The molecule has 1 amide bonds. The largest absolute Gasteiger partial charge is 0.497 e. The average Bonchev–Trinajstić information content (AvgIpc) is 2.49. The number of rotatable bonds is 6. The second-order valence-electron chi connectivity index (χ2n) is 4.65. The molecule has 0 unspecified atom stereocenters. The van der Waals surface area contributed by atoms with Gasteiger partial charge in [0.05, 0.1) is 19.1 Å². The van der Waals surface area contributed by atoms with E-state index in [-0.39, 0.29) is 17.9 Å². The van der Waals surface area contributed by atoms with Crippen molar-refractivity contribution < 1.29 is 9.53 Å². The predicted octanol–water partition coefficient (Wildman–Crippen LogP) is 3.34. The number of amides is 1. The summed E-state index contributed by atoms with van der Waals surface area (Å²) in [4.78, 5) is 14.1. The van der Waals surface area contributed by atoms with Crippen LogP contribution >= 0.6 is 0 Å². The van der Waals surface area contributed by atoms with Gasteiger partial charge in [-0.25, -0.2) is 0 Å². The Morgan fingerprint density at radius 3 is 2.55 bits per heavy atom. The van der Waals surface area contributed by atoms with Gasteiger partial charge in [0, 0.05) is 5.69 Å². The van der Waals surface area contributed by atoms with Crippen molar-refractivity contribution in [1.82, 2.24) is 0 Å². The summed E-state index contributed by atoms with van der Waals surface area (Å²) < 4.78 is 5.13. The summed E-state index contributed by atoms with van der Waals surface area (Å²) in [6.07, 6.45) is 8.09. The van der Waals surface area contributed by atoms with E-state index >= 15 is 0 Å². The number of β-lactam (4-membered cyclic amide) rings is 1. The van der Waals surface area contributed by atoms with Crippen molar-refractivity contribution in [2.24, 2.45) is 5.92 Å². The zero-order chi connectivity index (χ0) is 14.5. The molecule has 0 aliphatic carbocycles. The van der Waals surface area contributed by atoms with E-state index in [1.165, 1.54) is 0 Å². The van der Waals surface area contributed by atoms with Crippen LogP contribution in [0.4, 0.5) is 5.69 Å². The van der Waals surface area contributed by atoms with E-state index in [2.05, 4.69) is 13.2 Å². The second kappa shape index (κ2) is 6.24. The van der Waals surface area contributed by atoms with E-state index < -0.39 is 0 Å². The van der Waals surface area contributed by atoms with Gasteiger partial charge < -0.3 is 9.64 Å². The molecule has 20 heavy (non-hydrogen) atoms. The normalized spacial score (nSPS) is 21.6. The number of nitrogens with zero attached hydrogens (tertiary/aromatic N) is 1. The van der Waals surface area contributed by atoms with Crippen molar-refractivity contribution in [2.45, 2.75) is 12.5 Å². The highest BCUT2D eigenvalue weighted by atomic mass is 16.5. The minimum atomic E-state index is -0.0224. The third-order valence-electron chi connectivity index (χ3n) is 3.48. The zero-order valence-electron chi connectivity index (χ0n) is 11.7. The third-order valence-corrected chi connectivity index (χ3v) is 3.48. The maximum atomic E-state index is 12.3. The molecule has 3 heteroatoms. The van der Waals surface area contributed by atoms with Crippen molar-refractivity contribution in [2.75, 3.05) is 12.0 Å². The van der Waals surface area contributed by atoms with E-state index in [1.807, 2.05) is 36.4 Å². The predicted molar refractivity (Wildman–Crippen MR) is 81.9 cm³/mol. The van der Waals surface area contributed by atoms with Gasteiger partial charge in [0.2, 0.25) is 5.91 Å². The number of hydrogen-bond acceptors (Lipinski definition) is 2. The van der Waals surface area contributed by atoms with Gasteiger partial charge in [0.15, 0.2) is 0 Å². The van der Waals surface area contributed by atoms with E-state index in [0.29, 0.717) is 6.42 Å². The lowest BCUT2D eigenvalue weighted by molar-refractivity contribution is -0.128. The standard InChI is InChI=1S/C17H19NO2/c1-4-6-8-16-15(7-5-2)17(19)18(16)13-9-11-14(20-3)12-10-13/h4-6,8-12,15-16H,1-2,7H2,3H3/b8-6+/t15-,16+/m1/s1. The van der Waals surface area contributed by atoms with E-state index in [1.54, 1.807) is 24.2 Å². The average molecular weight is 269 g/mol. The summed E-state index contributed by atoms with van der Waals surface area (Å²) in [6, 6.07) is 7.58. The lowest BCUT2D eigenvalue weighted by Crippen LogP contribution is -2.60. The number of benzene rings is 1. The molecule has 2 rings (SSSR count). The van der Waals surface area contributed by atoms with Crippen LogP contribution in [-0.2, 0) is 4.79 Å². The van der Waals surface area contributed by atoms with Crippen LogP contribution in [0.3, 0.4) is 0 Å². The zero-order valence-corrected chi connectivity index (χ0v) is 11.7. The van der Waals surface area contributed by atoms with Gasteiger partial charge in [0.1, 0.15) is 5.75 Å². The van der Waals surface area contributed by atoms with Crippen molar-refractivity contribution in [3.63, 3.8) is 0 Å². The molecule has 1 aliphatic heterocycles. The van der Waals surface area contributed by atoms with Gasteiger partial charge in [-0.2, -0.15) is 0 Å². The third kappa shape index (κ3) is 2.52. The van der Waals surface area contributed by atoms with Crippen LogP contribution in [0.2, 0.25) is 0 Å². The molecule has 1 fully saturated rings. The second-order valence-corrected chi connectivity index (χ2v) is 4.65. The minimum absolute atomic E-state index is 0.0224. The summed E-state index contributed by atoms with van der Waals surface area (Å²) in [5, 5.41) is 0. The monoisotopic (exact) mass is 269 g/mol. The molecule has 0 spiro atoms. The van der Waals surface area contributed by atoms with Gasteiger partial charge in [-0.1, -0.05) is 30.9 Å². The van der Waals surface area contributed by atoms with E-state index in [0.717, 1.165) is 11.4 Å². The maximum absolute atomic E-state index is 12.3. The summed E-state index contributed by atoms with van der Waals surface area (Å²) in [6.45, 7) is 7.40. The number of allylic oxidation sites excluding steroid dienone is 3. The van der Waals surface area contributed by atoms with Gasteiger partial charge in [-0.3, -0.25) is 4.79 Å². The van der Waals surface area contributed by atoms with Crippen LogP contribution in [0, 0.1) is 5.92 Å². The number of carbonyl (C=O) groups excluding carboxylic acids is 1. The Balaban J connectivity index is 2.23. The van der Waals surface area contributed by atoms with Crippen LogP contribution < -0.4 is 9.64 Å². The smallest absolute Gasteiger partial charge is 0.233 e. The van der Waals surface area contributed by atoms with E-state index in [4.69, 9.17) is 4.74 Å². The fraction of sp³-hybridized carbons (Fsp3) is 0.235. The van der Waals surface area contributed by atoms with Gasteiger partial charge in [0.25, 0.3) is 0 Å². The molecule has 1 aromatic carbocycles. The highest BCUT2D eigenvalue weighted by Crippen LogP contribution is 2.36. The lowest BCUT2D eigenvalue weighted by atomic mass is 9.83. The molecule has 2 atom stereocenters. The Morgan fingerprint density at radius 1 is 1.30 bits per heavy atom. The number of anilines is 1. The van der Waals surface area contributed by atoms with Crippen LogP contribution in [-0.4, -0.2) is 19.1 Å². The number of hydrogen-bond donors (Lipinski definition) is 0. The first-order chi connectivity index (χ1) is 9.72. The Morgan fingerprint density at radius 2 is 2.00 bits per heavy atom. The Labute approximate surface area is 119 Å². The highest BCUT2D eigenvalue weighted by molar-refractivity contribution is 6.03. The van der Waals surface area contributed by atoms with Gasteiger partial charge in [-0.15, -0.1) is 6.58 Å². The maximum Gasteiger partial charge on any atom is 0.233 e. The highest BCUT2D eigenvalue weighted by Gasteiger charge is 2.45. The molecular formula is C17H19NO2. The molecule has 1 aliphatic rings. The van der Waals surface area contributed by atoms with Crippen molar-refractivity contribution in [3.05, 3.63) is 61.7 Å². The van der Waals surface area contributed by atoms with Crippen molar-refractivity contribution >= 4 is 11.6 Å². The fourth-order valence-electron chi connectivity index (χ4n) is 2.44. The Hall–Kier alpha value is -2.29. The number of ether oxygens (including phenoxy) is 1. The molecule has 104 valence electrons. The molecule has 0 saturated carbocycles. The molecule has 1 saturated heterocycles. The van der Waals surface area contributed by atoms with Gasteiger partial charge in [-0.05, 0) is 30.7 Å². The summed E-state index contributed by atoms with van der Waals surface area (Å²) in [5.74, 6) is 0.891. The van der Waals surface area contributed by atoms with Crippen LogP contribution in [0.15, 0.2) is 61.7 Å². The first-order valence-electron chi connectivity index (χ1n) is 6.60. The molecule has 0 aromatic heterocycles. The first-order valence-corrected chi connectivity index (χ1v) is 6.60. The molecule has 0 radical (unpaired) electrons. The summed E-state index contributed by atoms with van der Waals surface area (Å²) in [5.41, 5.74) is 0.884. The molecular weight excluding hydrogens is 250 g/mol. The SMILES string of the molecule is C=C/C=C/[C@H]1[C@@H](CC=C)C(=O)N1c1ccc(OC)cc1. The Bertz CT molecular complexity index is 530.